The van der Waals surface area contributed by atoms with Crippen molar-refractivity contribution in [3.63, 3.8) is 0 Å². The molecular weight excluding hydrogens is 366 g/mol. The number of likely N-dealkylation sites (tertiary alicyclic amines) is 1. The van der Waals surface area contributed by atoms with Gasteiger partial charge in [0.2, 0.25) is 11.8 Å². The van der Waals surface area contributed by atoms with Gasteiger partial charge in [-0.3, -0.25) is 14.4 Å². The van der Waals surface area contributed by atoms with Gasteiger partial charge in [0, 0.05) is 36.6 Å². The molecule has 148 valence electrons. The Morgan fingerprint density at radius 2 is 1.89 bits per heavy atom. The van der Waals surface area contributed by atoms with Crippen LogP contribution in [0.1, 0.15) is 50.4 Å². The molecule has 2 unspecified atom stereocenters. The fourth-order valence-corrected chi connectivity index (χ4v) is 3.46. The van der Waals surface area contributed by atoms with Crippen LogP contribution in [0.15, 0.2) is 24.3 Å². The third-order valence-corrected chi connectivity index (χ3v) is 4.81. The number of carbonyl (C=O) groups excluding carboxylic acids is 3. The van der Waals surface area contributed by atoms with Crippen LogP contribution in [0.5, 0.6) is 0 Å². The smallest absolute Gasteiger partial charge is 0.251 e. The third-order valence-electron chi connectivity index (χ3n) is 4.56. The van der Waals surface area contributed by atoms with Crippen LogP contribution in [-0.2, 0) is 9.59 Å². The molecular formula is C20H28ClN3O3. The molecule has 3 amide bonds. The molecule has 27 heavy (non-hydrogen) atoms. The fourth-order valence-electron chi connectivity index (χ4n) is 3.34. The van der Waals surface area contributed by atoms with Gasteiger partial charge in [0.25, 0.3) is 5.91 Å². The van der Waals surface area contributed by atoms with Gasteiger partial charge in [-0.05, 0) is 49.4 Å². The molecule has 2 atom stereocenters. The molecule has 0 spiro atoms. The molecule has 1 aromatic rings. The predicted octanol–water partition coefficient (Wildman–Crippen LogP) is 2.61. The summed E-state index contributed by atoms with van der Waals surface area (Å²) in [6.07, 6.45) is 2.24. The Morgan fingerprint density at radius 1 is 1.22 bits per heavy atom. The Hall–Kier alpha value is -2.08. The van der Waals surface area contributed by atoms with Crippen molar-refractivity contribution in [3.8, 4) is 0 Å². The minimum absolute atomic E-state index is 0.0353. The minimum Gasteiger partial charge on any atom is -0.352 e. The average Bonchev–Trinajstić information content (AvgIpc) is 2.60. The van der Waals surface area contributed by atoms with Crippen LogP contribution in [0.4, 0.5) is 0 Å². The SMILES string of the molecule is CC(=O)NC1CCCN(C(=O)C(CC(C)C)NC(=O)c2ccc(Cl)cc2)C1. The summed E-state index contributed by atoms with van der Waals surface area (Å²) >= 11 is 5.87. The summed E-state index contributed by atoms with van der Waals surface area (Å²) in [5.74, 6) is -0.230. The van der Waals surface area contributed by atoms with Crippen LogP contribution >= 0.6 is 11.6 Å². The van der Waals surface area contributed by atoms with Crippen molar-refractivity contribution in [3.05, 3.63) is 34.9 Å². The van der Waals surface area contributed by atoms with Gasteiger partial charge in [-0.1, -0.05) is 25.4 Å². The Bertz CT molecular complexity index is 676. The largest absolute Gasteiger partial charge is 0.352 e. The molecule has 6 nitrogen and oxygen atoms in total. The van der Waals surface area contributed by atoms with Gasteiger partial charge in [0.05, 0.1) is 0 Å². The van der Waals surface area contributed by atoms with Crippen LogP contribution in [0.25, 0.3) is 0 Å². The molecule has 0 bridgehead atoms. The molecule has 0 aromatic heterocycles. The van der Waals surface area contributed by atoms with E-state index >= 15 is 0 Å². The molecule has 1 heterocycles. The Kier molecular flexibility index (Phi) is 7.66. The maximum absolute atomic E-state index is 13.1. The van der Waals surface area contributed by atoms with Gasteiger partial charge in [-0.2, -0.15) is 0 Å². The van der Waals surface area contributed by atoms with Crippen LogP contribution in [0, 0.1) is 5.92 Å². The number of halogens is 1. The van der Waals surface area contributed by atoms with E-state index in [1.807, 2.05) is 13.8 Å². The van der Waals surface area contributed by atoms with Crippen LogP contribution in [0.2, 0.25) is 5.02 Å². The maximum atomic E-state index is 13.1. The third kappa shape index (κ3) is 6.54. The molecule has 1 fully saturated rings. The lowest BCUT2D eigenvalue weighted by Crippen LogP contribution is -2.55. The lowest BCUT2D eigenvalue weighted by molar-refractivity contribution is -0.135. The first kappa shape index (κ1) is 21.2. The van der Waals surface area contributed by atoms with Crippen LogP contribution < -0.4 is 10.6 Å². The van der Waals surface area contributed by atoms with Crippen molar-refractivity contribution in [2.75, 3.05) is 13.1 Å². The number of benzene rings is 1. The number of hydrogen-bond donors (Lipinski definition) is 2. The van der Waals surface area contributed by atoms with Crippen molar-refractivity contribution in [2.24, 2.45) is 5.92 Å². The standard InChI is InChI=1S/C20H28ClN3O3/c1-13(2)11-18(23-19(26)15-6-8-16(21)9-7-15)20(27)24-10-4-5-17(12-24)22-14(3)25/h6-9,13,17-18H,4-5,10-12H2,1-3H3,(H,22,25)(H,23,26). The first-order chi connectivity index (χ1) is 12.8. The van der Waals surface area contributed by atoms with E-state index in [4.69, 9.17) is 11.6 Å². The second-order valence-electron chi connectivity index (χ2n) is 7.49. The van der Waals surface area contributed by atoms with Gasteiger partial charge in [-0.25, -0.2) is 0 Å². The maximum Gasteiger partial charge on any atom is 0.251 e. The molecule has 0 radical (unpaired) electrons. The summed E-state index contributed by atoms with van der Waals surface area (Å²) in [6.45, 7) is 6.63. The zero-order valence-electron chi connectivity index (χ0n) is 16.1. The molecule has 2 rings (SSSR count). The molecule has 1 aromatic carbocycles. The Labute approximate surface area is 165 Å². The highest BCUT2D eigenvalue weighted by Crippen LogP contribution is 2.16. The summed E-state index contributed by atoms with van der Waals surface area (Å²) in [7, 11) is 0. The van der Waals surface area contributed by atoms with Gasteiger partial charge >= 0.3 is 0 Å². The Morgan fingerprint density at radius 3 is 2.48 bits per heavy atom. The lowest BCUT2D eigenvalue weighted by Gasteiger charge is -2.35. The van der Waals surface area contributed by atoms with Crippen LogP contribution in [-0.4, -0.2) is 47.8 Å². The molecule has 1 aliphatic rings. The van der Waals surface area contributed by atoms with E-state index in [-0.39, 0.29) is 29.7 Å². The molecule has 2 N–H and O–H groups in total. The topological polar surface area (TPSA) is 78.5 Å². The van der Waals surface area contributed by atoms with Crippen molar-refractivity contribution in [1.82, 2.24) is 15.5 Å². The van der Waals surface area contributed by atoms with Crippen molar-refractivity contribution in [1.29, 1.82) is 0 Å². The van der Waals surface area contributed by atoms with E-state index in [0.717, 1.165) is 12.8 Å². The number of hydrogen-bond acceptors (Lipinski definition) is 3. The fraction of sp³-hybridized carbons (Fsp3) is 0.550. The van der Waals surface area contributed by atoms with Gasteiger partial charge in [0.15, 0.2) is 0 Å². The Balaban J connectivity index is 2.07. The van der Waals surface area contributed by atoms with E-state index in [1.54, 1.807) is 29.2 Å². The average molecular weight is 394 g/mol. The zero-order valence-corrected chi connectivity index (χ0v) is 16.9. The van der Waals surface area contributed by atoms with Gasteiger partial charge in [-0.15, -0.1) is 0 Å². The molecule has 1 aliphatic heterocycles. The van der Waals surface area contributed by atoms with E-state index in [2.05, 4.69) is 10.6 Å². The van der Waals surface area contributed by atoms with E-state index in [0.29, 0.717) is 30.1 Å². The number of piperidine rings is 1. The summed E-state index contributed by atoms with van der Waals surface area (Å²) < 4.78 is 0. The highest BCUT2D eigenvalue weighted by molar-refractivity contribution is 6.30. The normalized spacial score (nSPS) is 18.1. The second-order valence-corrected chi connectivity index (χ2v) is 7.92. The highest BCUT2D eigenvalue weighted by atomic mass is 35.5. The van der Waals surface area contributed by atoms with Crippen molar-refractivity contribution >= 4 is 29.3 Å². The number of carbonyl (C=O) groups is 3. The molecule has 0 aliphatic carbocycles. The summed E-state index contributed by atoms with van der Waals surface area (Å²) in [6, 6.07) is 5.96. The highest BCUT2D eigenvalue weighted by Gasteiger charge is 2.30. The van der Waals surface area contributed by atoms with Crippen molar-refractivity contribution < 1.29 is 14.4 Å². The van der Waals surface area contributed by atoms with Gasteiger partial charge < -0.3 is 15.5 Å². The van der Waals surface area contributed by atoms with E-state index < -0.39 is 6.04 Å². The molecule has 7 heteroatoms. The monoisotopic (exact) mass is 393 g/mol. The summed E-state index contributed by atoms with van der Waals surface area (Å²) in [5.41, 5.74) is 0.468. The van der Waals surface area contributed by atoms with Gasteiger partial charge in [0.1, 0.15) is 6.04 Å². The van der Waals surface area contributed by atoms with Crippen LogP contribution in [0.3, 0.4) is 0 Å². The van der Waals surface area contributed by atoms with E-state index in [9.17, 15) is 14.4 Å². The lowest BCUT2D eigenvalue weighted by atomic mass is 9.99. The van der Waals surface area contributed by atoms with Crippen molar-refractivity contribution in [2.45, 2.75) is 52.1 Å². The first-order valence-corrected chi connectivity index (χ1v) is 9.76. The summed E-state index contributed by atoms with van der Waals surface area (Å²) in [4.78, 5) is 38.7. The molecule has 0 saturated carbocycles. The quantitative estimate of drug-likeness (QED) is 0.779. The second kappa shape index (κ2) is 9.74. The minimum atomic E-state index is -0.593. The first-order valence-electron chi connectivity index (χ1n) is 9.38. The van der Waals surface area contributed by atoms with E-state index in [1.165, 1.54) is 6.92 Å². The predicted molar refractivity (Wildman–Crippen MR) is 106 cm³/mol. The number of nitrogens with zero attached hydrogens (tertiary/aromatic N) is 1. The number of amides is 3. The summed E-state index contributed by atoms with van der Waals surface area (Å²) in [5, 5.41) is 6.32. The molecule has 1 saturated heterocycles. The number of nitrogens with one attached hydrogen (secondary N) is 2. The number of rotatable bonds is 6. The zero-order chi connectivity index (χ0) is 20.0.